The van der Waals surface area contributed by atoms with Gasteiger partial charge in [-0.1, -0.05) is 24.3 Å². The van der Waals surface area contributed by atoms with E-state index in [0.717, 1.165) is 16.7 Å². The number of aromatic nitrogens is 3. The van der Waals surface area contributed by atoms with E-state index in [1.54, 1.807) is 73.2 Å². The Bertz CT molecular complexity index is 2100. The highest BCUT2D eigenvalue weighted by molar-refractivity contribution is 6.04. The summed E-state index contributed by atoms with van der Waals surface area (Å²) >= 11 is 0. The van der Waals surface area contributed by atoms with Crippen molar-refractivity contribution in [3.63, 3.8) is 0 Å². The second-order valence-corrected chi connectivity index (χ2v) is 13.1. The summed E-state index contributed by atoms with van der Waals surface area (Å²) < 4.78 is 14.7. The van der Waals surface area contributed by atoms with Crippen LogP contribution in [0, 0.1) is 0 Å². The minimum Gasteiger partial charge on any atom is -0.493 e. The van der Waals surface area contributed by atoms with Crippen molar-refractivity contribution in [3.8, 4) is 22.6 Å². The Kier molecular flexibility index (Phi) is 10.7. The number of aliphatic hydroxyl groups is 1. The first-order valence-electron chi connectivity index (χ1n) is 17.1. The SMILES string of the molecule is C=C1C[C@H]2C=Nc3cc(OCCCC(=O)Nc4cn(C)c(C(=O)Nc5ccc(-c6cc(C(=O)NC[C@H](C)O)n(C)c6)cc5)n4)c(OC)cc3C(=O)N2C1. The van der Waals surface area contributed by atoms with E-state index in [9.17, 15) is 24.3 Å². The minimum atomic E-state index is -0.648. The first-order chi connectivity index (χ1) is 25.4. The Morgan fingerprint density at radius 3 is 2.53 bits per heavy atom. The number of nitrogens with one attached hydrogen (secondary N) is 3. The molecule has 6 rings (SSSR count). The van der Waals surface area contributed by atoms with Crippen LogP contribution in [-0.4, -0.2) is 92.9 Å². The summed E-state index contributed by atoms with van der Waals surface area (Å²) in [5, 5.41) is 17.7. The van der Waals surface area contributed by atoms with E-state index >= 15 is 0 Å². The molecular formula is C38H42N8O7. The van der Waals surface area contributed by atoms with E-state index in [1.807, 2.05) is 18.3 Å². The van der Waals surface area contributed by atoms with Crippen molar-refractivity contribution in [2.75, 3.05) is 37.4 Å². The van der Waals surface area contributed by atoms with Crippen LogP contribution in [0.25, 0.3) is 11.1 Å². The smallest absolute Gasteiger partial charge is 0.291 e. The van der Waals surface area contributed by atoms with Gasteiger partial charge in [0, 0.05) is 69.5 Å². The Hall–Kier alpha value is -6.22. The van der Waals surface area contributed by atoms with E-state index in [-0.39, 0.29) is 55.0 Å². The molecule has 0 spiro atoms. The summed E-state index contributed by atoms with van der Waals surface area (Å²) in [5.74, 6) is -0.0381. The topological polar surface area (TPSA) is 181 Å². The van der Waals surface area contributed by atoms with E-state index in [1.165, 1.54) is 11.7 Å². The number of hydrogen-bond donors (Lipinski definition) is 4. The zero-order valence-corrected chi connectivity index (χ0v) is 30.0. The van der Waals surface area contributed by atoms with Crippen LogP contribution in [-0.2, 0) is 18.9 Å². The Morgan fingerprint density at radius 2 is 1.79 bits per heavy atom. The number of carbonyl (C=O) groups excluding carboxylic acids is 4. The number of ether oxygens (including phenoxy) is 2. The van der Waals surface area contributed by atoms with Crippen LogP contribution < -0.4 is 25.4 Å². The summed E-state index contributed by atoms with van der Waals surface area (Å²) in [5.41, 5.74) is 4.56. The maximum atomic E-state index is 13.2. The second kappa shape index (κ2) is 15.6. The van der Waals surface area contributed by atoms with Crippen LogP contribution in [0.4, 0.5) is 17.2 Å². The van der Waals surface area contributed by atoms with Crippen LogP contribution in [0.2, 0.25) is 0 Å². The lowest BCUT2D eigenvalue weighted by Crippen LogP contribution is -2.35. The highest BCUT2D eigenvalue weighted by Gasteiger charge is 2.34. The van der Waals surface area contributed by atoms with Crippen LogP contribution in [0.15, 0.2) is 72.0 Å². The molecule has 2 aliphatic heterocycles. The van der Waals surface area contributed by atoms with E-state index in [2.05, 4.69) is 32.5 Å². The van der Waals surface area contributed by atoms with Gasteiger partial charge in [0.15, 0.2) is 17.3 Å². The van der Waals surface area contributed by atoms with Crippen molar-refractivity contribution in [2.45, 2.75) is 38.3 Å². The summed E-state index contributed by atoms with van der Waals surface area (Å²) in [6, 6.07) is 12.1. The minimum absolute atomic E-state index is 0.102. The van der Waals surface area contributed by atoms with Gasteiger partial charge in [-0.2, -0.15) is 0 Å². The predicted octanol–water partition coefficient (Wildman–Crippen LogP) is 4.08. The van der Waals surface area contributed by atoms with Gasteiger partial charge in [0.2, 0.25) is 11.7 Å². The van der Waals surface area contributed by atoms with Gasteiger partial charge in [0.05, 0.1) is 37.1 Å². The number of aliphatic hydroxyl groups excluding tert-OH is 1. The molecule has 2 aromatic heterocycles. The normalized spacial score (nSPS) is 15.3. The lowest BCUT2D eigenvalue weighted by molar-refractivity contribution is -0.116. The number of aryl methyl sites for hydroxylation is 2. The van der Waals surface area contributed by atoms with E-state index < -0.39 is 12.0 Å². The van der Waals surface area contributed by atoms with Crippen LogP contribution in [0.3, 0.4) is 0 Å². The van der Waals surface area contributed by atoms with Gasteiger partial charge in [0.25, 0.3) is 17.7 Å². The summed E-state index contributed by atoms with van der Waals surface area (Å²) in [6.45, 7) is 6.46. The molecule has 276 valence electrons. The van der Waals surface area contributed by atoms with Gasteiger partial charge in [-0.3, -0.25) is 24.2 Å². The van der Waals surface area contributed by atoms with Crippen LogP contribution in [0.1, 0.15) is 57.7 Å². The molecule has 1 fully saturated rings. The van der Waals surface area contributed by atoms with Gasteiger partial charge in [-0.05, 0) is 49.6 Å². The molecule has 0 saturated carbocycles. The molecule has 0 unspecified atom stereocenters. The van der Waals surface area contributed by atoms with Crippen molar-refractivity contribution in [1.82, 2.24) is 24.3 Å². The van der Waals surface area contributed by atoms with Gasteiger partial charge in [0.1, 0.15) is 5.69 Å². The summed E-state index contributed by atoms with van der Waals surface area (Å²) in [6.07, 6.45) is 5.69. The Balaban J connectivity index is 0.993. The van der Waals surface area contributed by atoms with Gasteiger partial charge < -0.3 is 44.6 Å². The molecule has 15 heteroatoms. The molecule has 0 radical (unpaired) electrons. The molecule has 2 atom stereocenters. The highest BCUT2D eigenvalue weighted by Crippen LogP contribution is 2.38. The van der Waals surface area contributed by atoms with Crippen molar-refractivity contribution < 1.29 is 33.8 Å². The largest absolute Gasteiger partial charge is 0.493 e. The van der Waals surface area contributed by atoms with E-state index in [4.69, 9.17) is 9.47 Å². The third-order valence-electron chi connectivity index (χ3n) is 8.88. The van der Waals surface area contributed by atoms with Crippen molar-refractivity contribution in [1.29, 1.82) is 0 Å². The van der Waals surface area contributed by atoms with Crippen molar-refractivity contribution >= 4 is 47.0 Å². The molecule has 2 aliphatic rings. The molecule has 2 aromatic carbocycles. The average molecular weight is 723 g/mol. The molecule has 1 saturated heterocycles. The average Bonchev–Trinajstić information content (AvgIpc) is 3.81. The van der Waals surface area contributed by atoms with Crippen LogP contribution >= 0.6 is 0 Å². The van der Waals surface area contributed by atoms with Crippen LogP contribution in [0.5, 0.6) is 11.5 Å². The Morgan fingerprint density at radius 1 is 1.02 bits per heavy atom. The van der Waals surface area contributed by atoms with Crippen molar-refractivity contribution in [2.24, 2.45) is 19.1 Å². The fourth-order valence-corrected chi connectivity index (χ4v) is 6.17. The van der Waals surface area contributed by atoms with Gasteiger partial charge in [-0.15, -0.1) is 0 Å². The lowest BCUT2D eigenvalue weighted by atomic mass is 10.1. The molecule has 4 aromatic rings. The fraction of sp³-hybridized carbons (Fsp3) is 0.316. The molecule has 4 amide bonds. The lowest BCUT2D eigenvalue weighted by Gasteiger charge is -2.20. The molecule has 4 N–H and O–H groups in total. The second-order valence-electron chi connectivity index (χ2n) is 13.1. The zero-order valence-electron chi connectivity index (χ0n) is 30.0. The summed E-state index contributed by atoms with van der Waals surface area (Å²) in [7, 11) is 4.92. The molecule has 0 bridgehead atoms. The van der Waals surface area contributed by atoms with Gasteiger partial charge in [-0.25, -0.2) is 4.98 Å². The molecule has 53 heavy (non-hydrogen) atoms. The zero-order chi connectivity index (χ0) is 37.8. The third kappa shape index (κ3) is 8.31. The number of carbonyl (C=O) groups is 4. The number of methoxy groups -OCH3 is 1. The number of benzene rings is 2. The van der Waals surface area contributed by atoms with Gasteiger partial charge >= 0.3 is 0 Å². The first kappa shape index (κ1) is 36.6. The maximum absolute atomic E-state index is 13.2. The first-order valence-corrected chi connectivity index (χ1v) is 17.1. The third-order valence-corrected chi connectivity index (χ3v) is 8.88. The number of imidazole rings is 1. The maximum Gasteiger partial charge on any atom is 0.291 e. The Labute approximate surface area is 306 Å². The molecule has 4 heterocycles. The number of hydrogen-bond acceptors (Lipinski definition) is 9. The number of rotatable bonds is 13. The number of nitrogens with zero attached hydrogens (tertiary/aromatic N) is 5. The van der Waals surface area contributed by atoms with Crippen molar-refractivity contribution in [3.05, 3.63) is 84.1 Å². The summed E-state index contributed by atoms with van der Waals surface area (Å²) in [4.78, 5) is 62.1. The highest BCUT2D eigenvalue weighted by atomic mass is 16.5. The number of amides is 4. The predicted molar refractivity (Wildman–Crippen MR) is 199 cm³/mol. The quantitative estimate of drug-likeness (QED) is 0.118. The number of fused-ring (bicyclic) bond motifs is 2. The fourth-order valence-electron chi connectivity index (χ4n) is 6.17. The molecule has 15 nitrogen and oxygen atoms in total. The standard InChI is InChI=1S/C38H42N8O7/c1-22-13-27-18-39-29-16-32(31(52-5)15-28(29)38(51)46(27)19-22)53-12-6-7-34(48)42-33-21-45(4)35(43-33)37(50)41-26-10-8-24(9-11-26)25-14-30(44(3)20-25)36(49)40-17-23(2)47/h8-11,14-16,18,20-21,23,27,47H,1,6-7,12-13,17,19H2,2-5H3,(H,40,49)(H,41,50)(H,42,48)/t23-,27-/m0/s1. The van der Waals surface area contributed by atoms with E-state index in [0.29, 0.717) is 53.5 Å². The monoisotopic (exact) mass is 722 g/mol. The molecule has 0 aliphatic carbocycles. The molecular weight excluding hydrogens is 680 g/mol. The number of anilines is 2. The number of aliphatic imine (C=N–C) groups is 1.